The fourth-order valence-corrected chi connectivity index (χ4v) is 4.91. The molecule has 160 valence electrons. The number of amides is 1. The number of hydrogen-bond donors (Lipinski definition) is 0. The summed E-state index contributed by atoms with van der Waals surface area (Å²) in [7, 11) is 0. The lowest BCUT2D eigenvalue weighted by Gasteiger charge is -2.30. The molecule has 3 aromatic rings. The van der Waals surface area contributed by atoms with Crippen LogP contribution in [0.3, 0.4) is 0 Å². The van der Waals surface area contributed by atoms with Crippen LogP contribution in [-0.4, -0.2) is 24.0 Å². The summed E-state index contributed by atoms with van der Waals surface area (Å²) in [5, 5.41) is 4.81. The number of hydrogen-bond acceptors (Lipinski definition) is 4. The maximum Gasteiger partial charge on any atom is 0.226 e. The lowest BCUT2D eigenvalue weighted by molar-refractivity contribution is -0.138. The van der Waals surface area contributed by atoms with Crippen molar-refractivity contribution in [3.8, 4) is 22.6 Å². The molecule has 1 amide bonds. The molecule has 6 heteroatoms. The molecule has 2 aromatic carbocycles. The first-order chi connectivity index (χ1) is 15.2. The highest BCUT2D eigenvalue weighted by atomic mass is 35.5. The zero-order valence-corrected chi connectivity index (χ0v) is 18.8. The maximum absolute atomic E-state index is 12.9. The molecule has 5 rings (SSSR count). The highest BCUT2D eigenvalue weighted by Crippen LogP contribution is 2.40. The molecule has 0 spiro atoms. The zero-order valence-electron chi connectivity index (χ0n) is 17.2. The molecule has 4 nitrogen and oxygen atoms in total. The van der Waals surface area contributed by atoms with Crippen molar-refractivity contribution in [2.45, 2.75) is 32.4 Å². The van der Waals surface area contributed by atoms with E-state index in [4.69, 9.17) is 21.1 Å². The van der Waals surface area contributed by atoms with Crippen molar-refractivity contribution in [1.82, 2.24) is 4.90 Å². The van der Waals surface area contributed by atoms with Crippen molar-refractivity contribution in [3.05, 3.63) is 69.4 Å². The molecular weight excluding hydrogens is 430 g/mol. The smallest absolute Gasteiger partial charge is 0.226 e. The minimum atomic E-state index is 0.173. The van der Waals surface area contributed by atoms with E-state index in [2.05, 4.69) is 17.5 Å². The summed E-state index contributed by atoms with van der Waals surface area (Å²) in [5.74, 6) is 1.87. The number of ether oxygens (including phenoxy) is 2. The second-order valence-electron chi connectivity index (χ2n) is 8.13. The molecule has 1 aromatic heterocycles. The molecule has 1 aliphatic carbocycles. The van der Waals surface area contributed by atoms with Gasteiger partial charge in [0.15, 0.2) is 11.5 Å². The first-order valence-corrected chi connectivity index (χ1v) is 12.0. The molecule has 31 heavy (non-hydrogen) atoms. The molecule has 1 fully saturated rings. The molecular formula is C25H24ClNO3S. The van der Waals surface area contributed by atoms with Crippen LogP contribution < -0.4 is 9.47 Å². The molecule has 0 N–H and O–H groups in total. The Kier molecular flexibility index (Phi) is 5.88. The van der Waals surface area contributed by atoms with E-state index >= 15 is 0 Å². The van der Waals surface area contributed by atoms with E-state index in [9.17, 15) is 4.79 Å². The standard InChI is InChI=1S/C25H24ClNO3S/c26-22-6-2-5-19(12-22)20-11-21-14-27(25(28)18-3-1-4-18)8-9-29-24(21)23(13-20)30-15-17-7-10-31-16-17/h2,5-7,10-13,16,18H,1,3-4,8-9,14-15H2. The van der Waals surface area contributed by atoms with Crippen molar-refractivity contribution in [3.63, 3.8) is 0 Å². The minimum Gasteiger partial charge on any atom is -0.487 e. The third-order valence-electron chi connectivity index (χ3n) is 6.00. The van der Waals surface area contributed by atoms with Gasteiger partial charge in [0.2, 0.25) is 5.91 Å². The summed E-state index contributed by atoms with van der Waals surface area (Å²) in [6, 6.07) is 14.0. The quantitative estimate of drug-likeness (QED) is 0.463. The van der Waals surface area contributed by atoms with Gasteiger partial charge in [-0.25, -0.2) is 0 Å². The number of benzene rings is 2. The van der Waals surface area contributed by atoms with Crippen molar-refractivity contribution < 1.29 is 14.3 Å². The van der Waals surface area contributed by atoms with E-state index in [1.165, 1.54) is 0 Å². The average Bonchev–Trinajstić information content (AvgIpc) is 3.15. The molecule has 1 saturated carbocycles. The fraction of sp³-hybridized carbons (Fsp3) is 0.320. The topological polar surface area (TPSA) is 38.8 Å². The molecule has 0 unspecified atom stereocenters. The summed E-state index contributed by atoms with van der Waals surface area (Å²) in [6.45, 7) is 2.08. The van der Waals surface area contributed by atoms with E-state index in [0.717, 1.165) is 47.3 Å². The highest BCUT2D eigenvalue weighted by Gasteiger charge is 2.31. The summed E-state index contributed by atoms with van der Waals surface area (Å²) in [6.07, 6.45) is 3.15. The van der Waals surface area contributed by atoms with E-state index in [1.54, 1.807) is 11.3 Å². The SMILES string of the molecule is O=C(C1CCC1)N1CCOc2c(cc(-c3cccc(Cl)c3)cc2OCc2ccsc2)C1. The molecule has 2 aliphatic rings. The molecule has 0 bridgehead atoms. The Morgan fingerprint density at radius 2 is 2.10 bits per heavy atom. The van der Waals surface area contributed by atoms with E-state index in [1.807, 2.05) is 40.6 Å². The van der Waals surface area contributed by atoms with Gasteiger partial charge in [-0.15, -0.1) is 0 Å². The van der Waals surface area contributed by atoms with Crippen LogP contribution in [0.2, 0.25) is 5.02 Å². The molecule has 0 atom stereocenters. The van der Waals surface area contributed by atoms with Crippen LogP contribution >= 0.6 is 22.9 Å². The van der Waals surface area contributed by atoms with Gasteiger partial charge in [-0.05, 0) is 70.6 Å². The van der Waals surface area contributed by atoms with Crippen LogP contribution in [0.4, 0.5) is 0 Å². The highest BCUT2D eigenvalue weighted by molar-refractivity contribution is 7.07. The minimum absolute atomic E-state index is 0.173. The molecule has 2 heterocycles. The van der Waals surface area contributed by atoms with Crippen LogP contribution in [0, 0.1) is 5.92 Å². The predicted octanol–water partition coefficient (Wildman–Crippen LogP) is 6.17. The monoisotopic (exact) mass is 453 g/mol. The molecule has 0 saturated heterocycles. The van der Waals surface area contributed by atoms with Gasteiger partial charge in [0, 0.05) is 23.0 Å². The van der Waals surface area contributed by atoms with Crippen molar-refractivity contribution in [1.29, 1.82) is 0 Å². The maximum atomic E-state index is 12.9. The van der Waals surface area contributed by atoms with Crippen LogP contribution in [0.1, 0.15) is 30.4 Å². The van der Waals surface area contributed by atoms with Gasteiger partial charge in [0.1, 0.15) is 13.2 Å². The normalized spacial score (nSPS) is 16.1. The number of halogens is 1. The number of thiophene rings is 1. The fourth-order valence-electron chi connectivity index (χ4n) is 4.06. The van der Waals surface area contributed by atoms with Crippen LogP contribution in [0.15, 0.2) is 53.2 Å². The van der Waals surface area contributed by atoms with E-state index in [-0.39, 0.29) is 11.8 Å². The summed E-state index contributed by atoms with van der Waals surface area (Å²) in [4.78, 5) is 14.9. The first kappa shape index (κ1) is 20.4. The largest absolute Gasteiger partial charge is 0.487 e. The Morgan fingerprint density at radius 3 is 2.84 bits per heavy atom. The Labute approximate surface area is 191 Å². The molecule has 0 radical (unpaired) electrons. The van der Waals surface area contributed by atoms with Crippen molar-refractivity contribution in [2.75, 3.05) is 13.2 Å². The zero-order chi connectivity index (χ0) is 21.2. The third kappa shape index (κ3) is 4.43. The van der Waals surface area contributed by atoms with Crippen LogP contribution in [0.5, 0.6) is 11.5 Å². The van der Waals surface area contributed by atoms with Crippen molar-refractivity contribution in [2.24, 2.45) is 5.92 Å². The number of carbonyl (C=O) groups is 1. The summed E-state index contributed by atoms with van der Waals surface area (Å²) >= 11 is 7.90. The van der Waals surface area contributed by atoms with Crippen molar-refractivity contribution >= 4 is 28.8 Å². The summed E-state index contributed by atoms with van der Waals surface area (Å²) < 4.78 is 12.4. The predicted molar refractivity (Wildman–Crippen MR) is 124 cm³/mol. The van der Waals surface area contributed by atoms with Gasteiger partial charge < -0.3 is 14.4 Å². The lowest BCUT2D eigenvalue weighted by Crippen LogP contribution is -2.39. The Morgan fingerprint density at radius 1 is 1.19 bits per heavy atom. The molecule has 1 aliphatic heterocycles. The number of rotatable bonds is 5. The van der Waals surface area contributed by atoms with E-state index < -0.39 is 0 Å². The number of fused-ring (bicyclic) bond motifs is 1. The van der Waals surface area contributed by atoms with Gasteiger partial charge in [-0.2, -0.15) is 11.3 Å². The Bertz CT molecular complexity index is 1080. The lowest BCUT2D eigenvalue weighted by atomic mass is 9.84. The Hall–Kier alpha value is -2.50. The Balaban J connectivity index is 1.50. The van der Waals surface area contributed by atoms with Gasteiger partial charge in [0.25, 0.3) is 0 Å². The first-order valence-electron chi connectivity index (χ1n) is 10.7. The second-order valence-corrected chi connectivity index (χ2v) is 9.35. The number of nitrogens with zero attached hydrogens (tertiary/aromatic N) is 1. The van der Waals surface area contributed by atoms with Gasteiger partial charge >= 0.3 is 0 Å². The third-order valence-corrected chi connectivity index (χ3v) is 6.97. The van der Waals surface area contributed by atoms with Gasteiger partial charge in [0.05, 0.1) is 6.54 Å². The van der Waals surface area contributed by atoms with Crippen LogP contribution in [-0.2, 0) is 17.9 Å². The number of carbonyl (C=O) groups excluding carboxylic acids is 1. The van der Waals surface area contributed by atoms with Gasteiger partial charge in [-0.3, -0.25) is 4.79 Å². The van der Waals surface area contributed by atoms with Crippen LogP contribution in [0.25, 0.3) is 11.1 Å². The van der Waals surface area contributed by atoms with Gasteiger partial charge in [-0.1, -0.05) is 30.2 Å². The van der Waals surface area contributed by atoms with E-state index in [0.29, 0.717) is 37.1 Å². The summed E-state index contributed by atoms with van der Waals surface area (Å²) in [5.41, 5.74) is 4.12. The average molecular weight is 454 g/mol. The second kappa shape index (κ2) is 8.93.